The first kappa shape index (κ1) is 14.8. The van der Waals surface area contributed by atoms with E-state index in [2.05, 4.69) is 0 Å². The number of nitriles is 2. The average molecular weight is 292 g/mol. The summed E-state index contributed by atoms with van der Waals surface area (Å²) < 4.78 is 0. The van der Waals surface area contributed by atoms with E-state index >= 15 is 0 Å². The van der Waals surface area contributed by atoms with E-state index in [0.29, 0.717) is 0 Å². The Morgan fingerprint density at radius 2 is 1.14 bits per heavy atom. The lowest BCUT2D eigenvalue weighted by Gasteiger charge is -2.10. The lowest BCUT2D eigenvalue weighted by Crippen LogP contribution is -2.04. The van der Waals surface area contributed by atoms with Crippen LogP contribution in [0.4, 0.5) is 0 Å². The zero-order chi connectivity index (χ0) is 16.3. The van der Waals surface area contributed by atoms with Crippen LogP contribution in [0.2, 0.25) is 0 Å². The van der Waals surface area contributed by atoms with Gasteiger partial charge >= 0.3 is 11.9 Å². The molecule has 0 fully saturated rings. The minimum Gasteiger partial charge on any atom is -0.478 e. The molecule has 0 radical (unpaired) electrons. The van der Waals surface area contributed by atoms with Gasteiger partial charge in [0.05, 0.1) is 22.3 Å². The Bertz CT molecular complexity index is 799. The molecule has 0 aliphatic heterocycles. The minimum absolute atomic E-state index is 0.117. The molecule has 6 heteroatoms. The third-order valence-corrected chi connectivity index (χ3v) is 3.10. The van der Waals surface area contributed by atoms with Crippen LogP contribution < -0.4 is 0 Å². The molecule has 0 aliphatic rings. The standard InChI is InChI=1S/C16H8N2O4/c17-7-13-9(3-1-5-11(13)15(19)20)10-4-2-6-12(16(21)22)14(10)8-18/h1-6H,(H,19,20)(H,21,22). The minimum atomic E-state index is -1.27. The zero-order valence-electron chi connectivity index (χ0n) is 11.1. The van der Waals surface area contributed by atoms with E-state index in [1.807, 2.05) is 0 Å². The molecule has 22 heavy (non-hydrogen) atoms. The van der Waals surface area contributed by atoms with Crippen molar-refractivity contribution in [2.24, 2.45) is 0 Å². The lowest BCUT2D eigenvalue weighted by molar-refractivity contribution is 0.0685. The highest BCUT2D eigenvalue weighted by Crippen LogP contribution is 2.30. The summed E-state index contributed by atoms with van der Waals surface area (Å²) in [6, 6.07) is 12.0. The second-order valence-electron chi connectivity index (χ2n) is 4.29. The molecule has 6 nitrogen and oxygen atoms in total. The smallest absolute Gasteiger partial charge is 0.337 e. The molecule has 2 N–H and O–H groups in total. The Labute approximate surface area is 125 Å². The molecular formula is C16H8N2O4. The Kier molecular flexibility index (Phi) is 3.88. The molecule has 0 bridgehead atoms. The van der Waals surface area contributed by atoms with Crippen LogP contribution in [0.3, 0.4) is 0 Å². The van der Waals surface area contributed by atoms with Gasteiger partial charge in [0, 0.05) is 11.1 Å². The van der Waals surface area contributed by atoms with Crippen LogP contribution in [0, 0.1) is 22.7 Å². The molecule has 106 valence electrons. The van der Waals surface area contributed by atoms with Crippen molar-refractivity contribution in [3.63, 3.8) is 0 Å². The molecule has 0 saturated heterocycles. The summed E-state index contributed by atoms with van der Waals surface area (Å²) in [5.74, 6) is -2.54. The normalized spacial score (nSPS) is 9.55. The SMILES string of the molecule is N#Cc1c(C(=O)O)cccc1-c1cccc(C(=O)O)c1C#N. The fourth-order valence-corrected chi connectivity index (χ4v) is 2.15. The molecule has 0 amide bonds. The molecule has 0 aliphatic carbocycles. The maximum absolute atomic E-state index is 11.2. The van der Waals surface area contributed by atoms with Gasteiger partial charge < -0.3 is 10.2 Å². The molecule has 0 saturated carbocycles. The molecule has 0 atom stereocenters. The Hall–Kier alpha value is -3.64. The van der Waals surface area contributed by atoms with E-state index in [-0.39, 0.29) is 33.4 Å². The molecule has 2 aromatic rings. The van der Waals surface area contributed by atoms with Gasteiger partial charge in [0.15, 0.2) is 0 Å². The number of hydrogen-bond donors (Lipinski definition) is 2. The van der Waals surface area contributed by atoms with Crippen LogP contribution in [0.1, 0.15) is 31.8 Å². The molecule has 0 aromatic heterocycles. The van der Waals surface area contributed by atoms with Gasteiger partial charge in [-0.05, 0) is 12.1 Å². The lowest BCUT2D eigenvalue weighted by atomic mass is 9.91. The van der Waals surface area contributed by atoms with E-state index in [1.54, 1.807) is 12.1 Å². The average Bonchev–Trinajstić information content (AvgIpc) is 2.52. The van der Waals surface area contributed by atoms with E-state index in [1.165, 1.54) is 36.4 Å². The van der Waals surface area contributed by atoms with Crippen LogP contribution in [0.15, 0.2) is 36.4 Å². The van der Waals surface area contributed by atoms with Gasteiger partial charge in [-0.25, -0.2) is 9.59 Å². The fourth-order valence-electron chi connectivity index (χ4n) is 2.15. The van der Waals surface area contributed by atoms with Crippen molar-refractivity contribution in [1.29, 1.82) is 10.5 Å². The van der Waals surface area contributed by atoms with Crippen molar-refractivity contribution in [1.82, 2.24) is 0 Å². The van der Waals surface area contributed by atoms with E-state index < -0.39 is 11.9 Å². The highest BCUT2D eigenvalue weighted by atomic mass is 16.4. The van der Waals surface area contributed by atoms with Crippen LogP contribution in [0.5, 0.6) is 0 Å². The molecule has 2 aromatic carbocycles. The van der Waals surface area contributed by atoms with Gasteiger partial charge in [-0.3, -0.25) is 0 Å². The molecular weight excluding hydrogens is 284 g/mol. The predicted molar refractivity (Wildman–Crippen MR) is 75.2 cm³/mol. The highest BCUT2D eigenvalue weighted by molar-refractivity contribution is 5.97. The second kappa shape index (κ2) is 5.78. The summed E-state index contributed by atoms with van der Waals surface area (Å²) in [7, 11) is 0. The number of carboxylic acids is 2. The number of aromatic carboxylic acids is 2. The van der Waals surface area contributed by atoms with Crippen molar-refractivity contribution < 1.29 is 19.8 Å². The quantitative estimate of drug-likeness (QED) is 0.896. The van der Waals surface area contributed by atoms with Gasteiger partial charge in [0.1, 0.15) is 12.1 Å². The van der Waals surface area contributed by atoms with Crippen LogP contribution >= 0.6 is 0 Å². The maximum Gasteiger partial charge on any atom is 0.337 e. The van der Waals surface area contributed by atoms with E-state index in [9.17, 15) is 20.1 Å². The Balaban J connectivity index is 2.85. The van der Waals surface area contributed by atoms with Crippen LogP contribution in [-0.2, 0) is 0 Å². The van der Waals surface area contributed by atoms with E-state index in [0.717, 1.165) is 0 Å². The summed E-state index contributed by atoms with van der Waals surface area (Å²) in [5.41, 5.74) is -0.221. The summed E-state index contributed by atoms with van der Waals surface area (Å²) in [6.45, 7) is 0. The van der Waals surface area contributed by atoms with Crippen molar-refractivity contribution in [3.05, 3.63) is 58.7 Å². The van der Waals surface area contributed by atoms with Gasteiger partial charge in [-0.1, -0.05) is 24.3 Å². The maximum atomic E-state index is 11.2. The van der Waals surface area contributed by atoms with Crippen LogP contribution in [0.25, 0.3) is 11.1 Å². The molecule has 0 heterocycles. The van der Waals surface area contributed by atoms with Crippen molar-refractivity contribution >= 4 is 11.9 Å². The topological polar surface area (TPSA) is 122 Å². The second-order valence-corrected chi connectivity index (χ2v) is 4.29. The van der Waals surface area contributed by atoms with Crippen LogP contribution in [-0.4, -0.2) is 22.2 Å². The number of hydrogen-bond acceptors (Lipinski definition) is 4. The first-order valence-electron chi connectivity index (χ1n) is 6.04. The summed E-state index contributed by atoms with van der Waals surface area (Å²) >= 11 is 0. The summed E-state index contributed by atoms with van der Waals surface area (Å²) in [5, 5.41) is 36.7. The van der Waals surface area contributed by atoms with Crippen molar-refractivity contribution in [3.8, 4) is 23.3 Å². The van der Waals surface area contributed by atoms with E-state index in [4.69, 9.17) is 10.2 Å². The van der Waals surface area contributed by atoms with Crippen molar-refractivity contribution in [2.75, 3.05) is 0 Å². The monoisotopic (exact) mass is 292 g/mol. The Morgan fingerprint density at radius 1 is 0.773 bits per heavy atom. The number of carbonyl (C=O) groups is 2. The molecule has 0 spiro atoms. The third-order valence-electron chi connectivity index (χ3n) is 3.10. The van der Waals surface area contributed by atoms with Gasteiger partial charge in [0.25, 0.3) is 0 Å². The zero-order valence-corrected chi connectivity index (χ0v) is 11.1. The number of benzene rings is 2. The number of nitrogens with zero attached hydrogens (tertiary/aromatic N) is 2. The fraction of sp³-hybridized carbons (Fsp3) is 0. The summed E-state index contributed by atoms with van der Waals surface area (Å²) in [6.07, 6.45) is 0. The number of rotatable bonds is 3. The highest BCUT2D eigenvalue weighted by Gasteiger charge is 2.20. The largest absolute Gasteiger partial charge is 0.478 e. The Morgan fingerprint density at radius 3 is 1.41 bits per heavy atom. The molecule has 0 unspecified atom stereocenters. The predicted octanol–water partition coefficient (Wildman–Crippen LogP) is 2.49. The summed E-state index contributed by atoms with van der Waals surface area (Å²) in [4.78, 5) is 22.4. The first-order valence-corrected chi connectivity index (χ1v) is 6.04. The number of carboxylic acid groups (broad SMARTS) is 2. The first-order chi connectivity index (χ1) is 10.5. The molecule has 2 rings (SSSR count). The third kappa shape index (κ3) is 2.37. The van der Waals surface area contributed by atoms with Crippen molar-refractivity contribution in [2.45, 2.75) is 0 Å². The van der Waals surface area contributed by atoms with Gasteiger partial charge in [-0.15, -0.1) is 0 Å². The van der Waals surface area contributed by atoms with Gasteiger partial charge in [-0.2, -0.15) is 10.5 Å². The van der Waals surface area contributed by atoms with Gasteiger partial charge in [0.2, 0.25) is 0 Å².